The molecule has 0 unspecified atom stereocenters. The molecule has 1 aromatic heterocycles. The number of aryl methyl sites for hydroxylation is 2. The Labute approximate surface area is 204 Å². The van der Waals surface area contributed by atoms with Crippen LogP contribution >= 0.6 is 11.6 Å². The summed E-state index contributed by atoms with van der Waals surface area (Å²) in [6.07, 6.45) is 1.59. The van der Waals surface area contributed by atoms with Crippen LogP contribution in [0.15, 0.2) is 90.0 Å². The molecule has 0 fully saturated rings. The van der Waals surface area contributed by atoms with E-state index in [0.717, 1.165) is 28.2 Å². The summed E-state index contributed by atoms with van der Waals surface area (Å²) in [5, 5.41) is 16.4. The minimum absolute atomic E-state index is 0.461. The highest BCUT2D eigenvalue weighted by molar-refractivity contribution is 6.31. The summed E-state index contributed by atoms with van der Waals surface area (Å²) < 4.78 is 2.08. The van der Waals surface area contributed by atoms with E-state index in [4.69, 9.17) is 11.6 Å². The van der Waals surface area contributed by atoms with Crippen LogP contribution < -0.4 is 5.43 Å². The third-order valence-corrected chi connectivity index (χ3v) is 6.37. The average molecular weight is 472 g/mol. The van der Waals surface area contributed by atoms with Crippen LogP contribution in [0.2, 0.25) is 5.02 Å². The third-order valence-electron chi connectivity index (χ3n) is 5.97. The van der Waals surface area contributed by atoms with E-state index in [-0.39, 0.29) is 0 Å². The van der Waals surface area contributed by atoms with Crippen molar-refractivity contribution in [3.8, 4) is 5.69 Å². The first kappa shape index (κ1) is 23.5. The number of nitrogens with one attached hydrogen (secondary N) is 1. The molecule has 3 aromatic carbocycles. The molecule has 0 saturated carbocycles. The van der Waals surface area contributed by atoms with Gasteiger partial charge < -0.3 is 9.67 Å². The van der Waals surface area contributed by atoms with Crippen molar-refractivity contribution in [2.45, 2.75) is 26.4 Å². The molecule has 6 heteroatoms. The summed E-state index contributed by atoms with van der Waals surface area (Å²) in [5.74, 6) is -0.639. The van der Waals surface area contributed by atoms with E-state index in [1.54, 1.807) is 54.7 Å². The highest BCUT2D eigenvalue weighted by Crippen LogP contribution is 2.30. The molecule has 0 aliphatic carbocycles. The number of aromatic nitrogens is 1. The molecule has 0 atom stereocenters. The van der Waals surface area contributed by atoms with Gasteiger partial charge in [-0.25, -0.2) is 5.43 Å². The molecule has 1 amide bonds. The summed E-state index contributed by atoms with van der Waals surface area (Å²) in [5.41, 5.74) is 6.36. The van der Waals surface area contributed by atoms with Gasteiger partial charge in [-0.2, -0.15) is 5.10 Å². The first-order chi connectivity index (χ1) is 16.3. The smallest absolute Gasteiger partial charge is 0.281 e. The fourth-order valence-corrected chi connectivity index (χ4v) is 4.24. The topological polar surface area (TPSA) is 66.6 Å². The number of carbonyl (C=O) groups excluding carboxylic acids is 1. The Bertz CT molecular complexity index is 1310. The SMILES string of the molecule is Cc1ccc(-n2c(C)cc(C=NNC(=O)C(O)(c3ccccc3)c3ccccc3)c2C)cc1Cl. The summed E-state index contributed by atoms with van der Waals surface area (Å²) >= 11 is 6.33. The van der Waals surface area contributed by atoms with Crippen molar-refractivity contribution < 1.29 is 9.90 Å². The van der Waals surface area contributed by atoms with Crippen molar-refractivity contribution in [3.63, 3.8) is 0 Å². The van der Waals surface area contributed by atoms with Crippen molar-refractivity contribution in [2.75, 3.05) is 0 Å². The van der Waals surface area contributed by atoms with Crippen molar-refractivity contribution in [1.82, 2.24) is 9.99 Å². The quantitative estimate of drug-likeness (QED) is 0.290. The standard InChI is InChI=1S/C28H26ClN3O2/c1-19-14-15-25(17-26(19)29)32-20(2)16-22(21(32)3)18-30-31-27(33)28(34,23-10-6-4-7-11-23)24-12-8-5-9-13-24/h4-18,34H,1-3H3,(H,31,33). The number of hydrogen-bond donors (Lipinski definition) is 2. The van der Waals surface area contributed by atoms with E-state index >= 15 is 0 Å². The molecule has 1 heterocycles. The molecular formula is C28H26ClN3O2. The number of halogens is 1. The van der Waals surface area contributed by atoms with Crippen LogP contribution in [0, 0.1) is 20.8 Å². The summed E-state index contributed by atoms with van der Waals surface area (Å²) in [6.45, 7) is 5.95. The van der Waals surface area contributed by atoms with Gasteiger partial charge in [-0.1, -0.05) is 78.3 Å². The molecule has 0 bridgehead atoms. The Balaban J connectivity index is 1.61. The highest BCUT2D eigenvalue weighted by atomic mass is 35.5. The fraction of sp³-hybridized carbons (Fsp3) is 0.143. The summed E-state index contributed by atoms with van der Waals surface area (Å²) in [7, 11) is 0. The number of carbonyl (C=O) groups is 1. The van der Waals surface area contributed by atoms with Crippen LogP contribution in [0.4, 0.5) is 0 Å². The number of rotatable bonds is 6. The van der Waals surface area contributed by atoms with Gasteiger partial charge in [0.05, 0.1) is 6.21 Å². The maximum atomic E-state index is 13.2. The van der Waals surface area contributed by atoms with E-state index in [1.165, 1.54) is 0 Å². The van der Waals surface area contributed by atoms with Crippen LogP contribution in [-0.4, -0.2) is 21.8 Å². The lowest BCUT2D eigenvalue weighted by molar-refractivity contribution is -0.136. The number of hydrazone groups is 1. The Hall–Kier alpha value is -3.67. The highest BCUT2D eigenvalue weighted by Gasteiger charge is 2.39. The first-order valence-corrected chi connectivity index (χ1v) is 11.3. The third kappa shape index (κ3) is 4.40. The summed E-state index contributed by atoms with van der Waals surface area (Å²) in [6, 6.07) is 25.6. The molecule has 4 aromatic rings. The zero-order valence-corrected chi connectivity index (χ0v) is 20.0. The van der Waals surface area contributed by atoms with Gasteiger partial charge in [0, 0.05) is 27.7 Å². The Kier molecular flexibility index (Phi) is 6.68. The number of amides is 1. The predicted octanol–water partition coefficient (Wildman–Crippen LogP) is 5.44. The van der Waals surface area contributed by atoms with E-state index in [0.29, 0.717) is 16.1 Å². The monoisotopic (exact) mass is 471 g/mol. The summed E-state index contributed by atoms with van der Waals surface area (Å²) in [4.78, 5) is 13.2. The zero-order chi connectivity index (χ0) is 24.3. The minimum atomic E-state index is -1.88. The largest absolute Gasteiger partial charge is 0.372 e. The van der Waals surface area contributed by atoms with Crippen LogP contribution in [0.3, 0.4) is 0 Å². The lowest BCUT2D eigenvalue weighted by Gasteiger charge is -2.27. The van der Waals surface area contributed by atoms with E-state index in [2.05, 4.69) is 15.1 Å². The molecule has 0 aliphatic rings. The number of benzene rings is 3. The second kappa shape index (κ2) is 9.67. The van der Waals surface area contributed by atoms with Gasteiger partial charge in [-0.3, -0.25) is 4.79 Å². The van der Waals surface area contributed by atoms with Crippen molar-refractivity contribution in [2.24, 2.45) is 5.10 Å². The molecule has 0 aliphatic heterocycles. The predicted molar refractivity (Wildman–Crippen MR) is 137 cm³/mol. The Morgan fingerprint density at radius 2 is 1.53 bits per heavy atom. The molecule has 2 N–H and O–H groups in total. The number of nitrogens with zero attached hydrogens (tertiary/aromatic N) is 2. The van der Waals surface area contributed by atoms with Gasteiger partial charge in [0.25, 0.3) is 5.91 Å². The first-order valence-electron chi connectivity index (χ1n) is 10.9. The van der Waals surface area contributed by atoms with Gasteiger partial charge in [0.2, 0.25) is 0 Å². The van der Waals surface area contributed by atoms with Gasteiger partial charge >= 0.3 is 0 Å². The van der Waals surface area contributed by atoms with Crippen molar-refractivity contribution in [3.05, 3.63) is 124 Å². The molecule has 172 valence electrons. The second-order valence-corrected chi connectivity index (χ2v) is 8.64. The van der Waals surface area contributed by atoms with Crippen LogP contribution in [0.25, 0.3) is 5.69 Å². The molecule has 0 spiro atoms. The van der Waals surface area contributed by atoms with Gasteiger partial charge in [-0.15, -0.1) is 0 Å². The Morgan fingerprint density at radius 3 is 2.09 bits per heavy atom. The average Bonchev–Trinajstić information content (AvgIpc) is 3.14. The lowest BCUT2D eigenvalue weighted by atomic mass is 9.85. The molecule has 34 heavy (non-hydrogen) atoms. The van der Waals surface area contributed by atoms with Crippen LogP contribution in [0.5, 0.6) is 0 Å². The van der Waals surface area contributed by atoms with Crippen LogP contribution in [0.1, 0.15) is 33.6 Å². The maximum absolute atomic E-state index is 13.2. The Morgan fingerprint density at radius 1 is 0.941 bits per heavy atom. The number of aliphatic hydroxyl groups is 1. The maximum Gasteiger partial charge on any atom is 0.281 e. The minimum Gasteiger partial charge on any atom is -0.372 e. The van der Waals surface area contributed by atoms with Gasteiger partial charge in [0.15, 0.2) is 5.60 Å². The number of hydrogen-bond acceptors (Lipinski definition) is 3. The molecule has 5 nitrogen and oxygen atoms in total. The van der Waals surface area contributed by atoms with E-state index in [9.17, 15) is 9.90 Å². The van der Waals surface area contributed by atoms with E-state index in [1.807, 2.05) is 57.2 Å². The molecule has 0 radical (unpaired) electrons. The zero-order valence-electron chi connectivity index (χ0n) is 19.3. The lowest BCUT2D eigenvalue weighted by Crippen LogP contribution is -2.43. The van der Waals surface area contributed by atoms with Crippen molar-refractivity contribution in [1.29, 1.82) is 0 Å². The van der Waals surface area contributed by atoms with Crippen molar-refractivity contribution >= 4 is 23.7 Å². The van der Waals surface area contributed by atoms with Gasteiger partial charge in [-0.05, 0) is 55.7 Å². The molecule has 0 saturated heterocycles. The van der Waals surface area contributed by atoms with Gasteiger partial charge in [0.1, 0.15) is 0 Å². The van der Waals surface area contributed by atoms with Crippen LogP contribution in [-0.2, 0) is 10.4 Å². The second-order valence-electron chi connectivity index (χ2n) is 8.24. The molecular weight excluding hydrogens is 446 g/mol. The molecule has 4 rings (SSSR count). The normalized spacial score (nSPS) is 11.7. The van der Waals surface area contributed by atoms with E-state index < -0.39 is 11.5 Å². The fourth-order valence-electron chi connectivity index (χ4n) is 4.07.